The van der Waals surface area contributed by atoms with E-state index in [1.165, 1.54) is 0 Å². The van der Waals surface area contributed by atoms with Crippen molar-refractivity contribution in [2.45, 2.75) is 58.8 Å². The first-order valence-corrected chi connectivity index (χ1v) is 7.65. The molecule has 0 aromatic carbocycles. The lowest BCUT2D eigenvalue weighted by Gasteiger charge is -2.44. The molecular weight excluding hydrogens is 240 g/mol. The van der Waals surface area contributed by atoms with E-state index in [0.29, 0.717) is 24.2 Å². The largest absolute Gasteiger partial charge is 0.375 e. The van der Waals surface area contributed by atoms with Crippen LogP contribution in [-0.2, 0) is 9.53 Å². The van der Waals surface area contributed by atoms with Gasteiger partial charge in [0.25, 0.3) is 0 Å². The van der Waals surface area contributed by atoms with Gasteiger partial charge in [-0.2, -0.15) is 0 Å². The average molecular weight is 268 g/mol. The number of amides is 1. The predicted octanol–water partition coefficient (Wildman–Crippen LogP) is 1.74. The molecule has 0 saturated carbocycles. The van der Waals surface area contributed by atoms with Crippen molar-refractivity contribution in [2.24, 2.45) is 5.92 Å². The molecule has 0 atom stereocenters. The monoisotopic (exact) mass is 268 g/mol. The second-order valence-electron chi connectivity index (χ2n) is 6.45. The van der Waals surface area contributed by atoms with Gasteiger partial charge in [0.1, 0.15) is 0 Å². The third kappa shape index (κ3) is 3.69. The second-order valence-corrected chi connectivity index (χ2v) is 6.45. The van der Waals surface area contributed by atoms with Crippen LogP contribution in [0.15, 0.2) is 0 Å². The SMILES string of the molecule is CC(C)OC1CCN(C(=O)C2CN(C(C)C)C2)CC1. The second kappa shape index (κ2) is 6.23. The minimum atomic E-state index is 0.241. The Labute approximate surface area is 117 Å². The highest BCUT2D eigenvalue weighted by molar-refractivity contribution is 5.80. The van der Waals surface area contributed by atoms with Gasteiger partial charge < -0.3 is 9.64 Å². The quantitative estimate of drug-likeness (QED) is 0.778. The molecule has 1 amide bonds. The van der Waals surface area contributed by atoms with E-state index in [-0.39, 0.29) is 5.92 Å². The van der Waals surface area contributed by atoms with Crippen LogP contribution in [0.3, 0.4) is 0 Å². The number of likely N-dealkylation sites (tertiary alicyclic amines) is 2. The molecule has 0 aliphatic carbocycles. The van der Waals surface area contributed by atoms with E-state index < -0.39 is 0 Å². The van der Waals surface area contributed by atoms with Crippen molar-refractivity contribution in [1.29, 1.82) is 0 Å². The smallest absolute Gasteiger partial charge is 0.228 e. The Bertz CT molecular complexity index is 303. The number of nitrogens with zero attached hydrogens (tertiary/aromatic N) is 2. The minimum Gasteiger partial charge on any atom is -0.375 e. The molecule has 2 fully saturated rings. The highest BCUT2D eigenvalue weighted by Gasteiger charge is 2.37. The first-order valence-electron chi connectivity index (χ1n) is 7.65. The zero-order valence-corrected chi connectivity index (χ0v) is 12.8. The van der Waals surface area contributed by atoms with Crippen LogP contribution in [0.2, 0.25) is 0 Å². The summed E-state index contributed by atoms with van der Waals surface area (Å²) in [5.74, 6) is 0.602. The first-order chi connectivity index (χ1) is 8.97. The van der Waals surface area contributed by atoms with Gasteiger partial charge in [0.05, 0.1) is 18.1 Å². The molecule has 4 nitrogen and oxygen atoms in total. The van der Waals surface area contributed by atoms with Gasteiger partial charge in [0.15, 0.2) is 0 Å². The molecular formula is C15H28N2O2. The summed E-state index contributed by atoms with van der Waals surface area (Å²) in [7, 11) is 0. The van der Waals surface area contributed by atoms with Crippen molar-refractivity contribution < 1.29 is 9.53 Å². The van der Waals surface area contributed by atoms with E-state index in [1.54, 1.807) is 0 Å². The number of hydrogen-bond donors (Lipinski definition) is 0. The van der Waals surface area contributed by atoms with Crippen LogP contribution in [-0.4, -0.2) is 60.1 Å². The van der Waals surface area contributed by atoms with Crippen molar-refractivity contribution in [3.63, 3.8) is 0 Å². The van der Waals surface area contributed by atoms with Crippen LogP contribution in [0.1, 0.15) is 40.5 Å². The predicted molar refractivity (Wildman–Crippen MR) is 76.0 cm³/mol. The fraction of sp³-hybridized carbons (Fsp3) is 0.933. The van der Waals surface area contributed by atoms with Gasteiger partial charge in [0.2, 0.25) is 5.91 Å². The summed E-state index contributed by atoms with van der Waals surface area (Å²) in [6.07, 6.45) is 2.62. The molecule has 2 saturated heterocycles. The summed E-state index contributed by atoms with van der Waals surface area (Å²) >= 11 is 0. The Balaban J connectivity index is 1.72. The normalized spacial score (nSPS) is 23.2. The summed E-state index contributed by atoms with van der Waals surface area (Å²) in [6, 6.07) is 0.564. The van der Waals surface area contributed by atoms with E-state index in [9.17, 15) is 4.79 Å². The highest BCUT2D eigenvalue weighted by Crippen LogP contribution is 2.23. The Morgan fingerprint density at radius 1 is 1.11 bits per heavy atom. The van der Waals surface area contributed by atoms with Gasteiger partial charge in [-0.05, 0) is 40.5 Å². The lowest BCUT2D eigenvalue weighted by Crippen LogP contribution is -2.57. The molecule has 0 unspecified atom stereocenters. The number of hydrogen-bond acceptors (Lipinski definition) is 3. The molecule has 0 aromatic heterocycles. The Morgan fingerprint density at radius 2 is 1.68 bits per heavy atom. The van der Waals surface area contributed by atoms with Gasteiger partial charge in [-0.3, -0.25) is 9.69 Å². The summed E-state index contributed by atoms with van der Waals surface area (Å²) in [4.78, 5) is 16.7. The van der Waals surface area contributed by atoms with E-state index >= 15 is 0 Å². The van der Waals surface area contributed by atoms with Crippen LogP contribution in [0, 0.1) is 5.92 Å². The lowest BCUT2D eigenvalue weighted by atomic mass is 9.95. The van der Waals surface area contributed by atoms with E-state index in [2.05, 4.69) is 32.6 Å². The molecule has 2 aliphatic rings. The molecule has 19 heavy (non-hydrogen) atoms. The molecule has 0 bridgehead atoms. The molecule has 2 heterocycles. The van der Waals surface area contributed by atoms with Gasteiger partial charge in [-0.25, -0.2) is 0 Å². The van der Waals surface area contributed by atoms with Crippen LogP contribution < -0.4 is 0 Å². The zero-order valence-electron chi connectivity index (χ0n) is 12.8. The van der Waals surface area contributed by atoms with Crippen LogP contribution >= 0.6 is 0 Å². The summed E-state index contributed by atoms with van der Waals surface area (Å²) < 4.78 is 5.82. The number of carbonyl (C=O) groups excluding carboxylic acids is 1. The third-order valence-electron chi connectivity index (χ3n) is 4.21. The number of piperidine rings is 1. The lowest BCUT2D eigenvalue weighted by molar-refractivity contribution is -0.145. The average Bonchev–Trinajstić information content (AvgIpc) is 2.26. The maximum atomic E-state index is 12.3. The first kappa shape index (κ1) is 14.8. The van der Waals surface area contributed by atoms with Crippen LogP contribution in [0.4, 0.5) is 0 Å². The Kier molecular flexibility index (Phi) is 4.85. The van der Waals surface area contributed by atoms with Crippen LogP contribution in [0.25, 0.3) is 0 Å². The van der Waals surface area contributed by atoms with Crippen molar-refractivity contribution >= 4 is 5.91 Å². The fourth-order valence-electron chi connectivity index (χ4n) is 2.95. The standard InChI is InChI=1S/C15H28N2O2/c1-11(2)17-9-13(10-17)15(18)16-7-5-14(6-8-16)19-12(3)4/h11-14H,5-10H2,1-4H3. The summed E-state index contributed by atoms with van der Waals surface area (Å²) in [5.41, 5.74) is 0. The van der Waals surface area contributed by atoms with Gasteiger partial charge in [-0.1, -0.05) is 0 Å². The Morgan fingerprint density at radius 3 is 2.16 bits per heavy atom. The van der Waals surface area contributed by atoms with E-state index in [0.717, 1.165) is 39.0 Å². The summed E-state index contributed by atoms with van der Waals surface area (Å²) in [6.45, 7) is 12.2. The number of carbonyl (C=O) groups is 1. The molecule has 0 N–H and O–H groups in total. The molecule has 0 radical (unpaired) electrons. The Hall–Kier alpha value is -0.610. The van der Waals surface area contributed by atoms with Crippen molar-refractivity contribution in [3.05, 3.63) is 0 Å². The van der Waals surface area contributed by atoms with Crippen LogP contribution in [0.5, 0.6) is 0 Å². The van der Waals surface area contributed by atoms with Crippen molar-refractivity contribution in [2.75, 3.05) is 26.2 Å². The maximum absolute atomic E-state index is 12.3. The molecule has 4 heteroatoms. The number of rotatable bonds is 4. The highest BCUT2D eigenvalue weighted by atomic mass is 16.5. The topological polar surface area (TPSA) is 32.8 Å². The van der Waals surface area contributed by atoms with Gasteiger partial charge >= 0.3 is 0 Å². The van der Waals surface area contributed by atoms with Gasteiger partial charge in [0, 0.05) is 32.2 Å². The number of ether oxygens (including phenoxy) is 1. The third-order valence-corrected chi connectivity index (χ3v) is 4.21. The molecule has 2 rings (SSSR count). The minimum absolute atomic E-state index is 0.241. The van der Waals surface area contributed by atoms with E-state index in [1.807, 2.05) is 4.90 Å². The van der Waals surface area contributed by atoms with E-state index in [4.69, 9.17) is 4.74 Å². The van der Waals surface area contributed by atoms with Gasteiger partial charge in [-0.15, -0.1) is 0 Å². The fourth-order valence-corrected chi connectivity index (χ4v) is 2.95. The molecule has 2 aliphatic heterocycles. The maximum Gasteiger partial charge on any atom is 0.228 e. The molecule has 0 aromatic rings. The van der Waals surface area contributed by atoms with Crippen molar-refractivity contribution in [3.8, 4) is 0 Å². The molecule has 110 valence electrons. The van der Waals surface area contributed by atoms with Crippen molar-refractivity contribution in [1.82, 2.24) is 9.80 Å². The zero-order chi connectivity index (χ0) is 14.0. The summed E-state index contributed by atoms with van der Waals surface area (Å²) in [5, 5.41) is 0. The molecule has 0 spiro atoms.